The smallest absolute Gasteiger partial charge is 0.254 e. The van der Waals surface area contributed by atoms with E-state index in [0.29, 0.717) is 54.8 Å². The molecule has 12 heteroatoms. The van der Waals surface area contributed by atoms with Gasteiger partial charge in [-0.05, 0) is 24.3 Å². The van der Waals surface area contributed by atoms with E-state index in [2.05, 4.69) is 15.1 Å². The second kappa shape index (κ2) is 7.56. The fourth-order valence-corrected chi connectivity index (χ4v) is 6.76. The highest BCUT2D eigenvalue weighted by atomic mass is 35.5. The van der Waals surface area contributed by atoms with Crippen molar-refractivity contribution in [2.75, 3.05) is 26.3 Å². The minimum atomic E-state index is -3.59. The summed E-state index contributed by atoms with van der Waals surface area (Å²) in [6.07, 6.45) is 5.55. The second-order valence-electron chi connectivity index (χ2n) is 6.91. The van der Waals surface area contributed by atoms with E-state index < -0.39 is 16.3 Å². The van der Waals surface area contributed by atoms with Crippen molar-refractivity contribution in [3.05, 3.63) is 40.4 Å². The Morgan fingerprint density at radius 2 is 1.93 bits per heavy atom. The molecule has 0 amide bonds. The zero-order chi connectivity index (χ0) is 20.0. The van der Waals surface area contributed by atoms with Gasteiger partial charge in [0.15, 0.2) is 14.9 Å². The number of hydrogen-bond donors (Lipinski definition) is 0. The number of rotatable bonds is 4. The molecule has 2 aliphatic rings. The van der Waals surface area contributed by atoms with E-state index >= 15 is 0 Å². The molecule has 0 atom stereocenters. The van der Waals surface area contributed by atoms with Crippen LogP contribution in [-0.2, 0) is 19.5 Å². The molecule has 5 heterocycles. The maximum absolute atomic E-state index is 13.0. The third-order valence-corrected chi connectivity index (χ3v) is 8.89. The van der Waals surface area contributed by atoms with Crippen LogP contribution in [0.1, 0.15) is 35.6 Å². The molecule has 2 saturated heterocycles. The summed E-state index contributed by atoms with van der Waals surface area (Å²) < 4.78 is 40.3. The van der Waals surface area contributed by atoms with Crippen molar-refractivity contribution in [3.8, 4) is 0 Å². The van der Waals surface area contributed by atoms with E-state index in [-0.39, 0.29) is 10.1 Å². The number of halogens is 1. The van der Waals surface area contributed by atoms with Crippen LogP contribution in [0.4, 0.5) is 0 Å². The van der Waals surface area contributed by atoms with E-state index in [1.165, 1.54) is 16.8 Å². The molecule has 0 saturated carbocycles. The Hall–Kier alpha value is -1.63. The Balaban J connectivity index is 1.31. The number of sulfonamides is 1. The van der Waals surface area contributed by atoms with Gasteiger partial charge in [0.05, 0.1) is 19.4 Å². The lowest BCUT2D eigenvalue weighted by Gasteiger charge is -2.31. The first kappa shape index (κ1) is 19.3. The highest BCUT2D eigenvalue weighted by molar-refractivity contribution is 7.91. The largest absolute Gasteiger partial charge is 0.344 e. The minimum absolute atomic E-state index is 0.167. The van der Waals surface area contributed by atoms with Crippen molar-refractivity contribution in [2.45, 2.75) is 29.3 Å². The number of ether oxygens (including phenoxy) is 2. The Morgan fingerprint density at radius 3 is 2.69 bits per heavy atom. The monoisotopic (exact) mass is 455 g/mol. The summed E-state index contributed by atoms with van der Waals surface area (Å²) in [5, 5.41) is 5.32. The topological polar surface area (TPSA) is 98.9 Å². The van der Waals surface area contributed by atoms with Crippen molar-refractivity contribution in [1.29, 1.82) is 0 Å². The zero-order valence-corrected chi connectivity index (χ0v) is 17.7. The fourth-order valence-electron chi connectivity index (χ4n) is 3.69. The van der Waals surface area contributed by atoms with Crippen LogP contribution in [0.2, 0.25) is 5.02 Å². The first-order chi connectivity index (χ1) is 14.0. The predicted molar refractivity (Wildman–Crippen MR) is 105 cm³/mol. The van der Waals surface area contributed by atoms with Crippen molar-refractivity contribution < 1.29 is 17.9 Å². The first-order valence-electron chi connectivity index (χ1n) is 9.20. The van der Waals surface area contributed by atoms with Crippen LogP contribution in [0.15, 0.2) is 29.0 Å². The standard InChI is InChI=1S/C17H18ClN5O4S2/c18-13-7-14-20-10-21-23(14)9-12(13)11-1-3-22(4-2-11)29(24,25)15-8-19-16(28-15)17-26-5-6-27-17/h7-11,17H,1-6H2. The van der Waals surface area contributed by atoms with Crippen LogP contribution in [0.3, 0.4) is 0 Å². The van der Waals surface area contributed by atoms with Crippen LogP contribution in [0, 0.1) is 0 Å². The van der Waals surface area contributed by atoms with Crippen LogP contribution in [0.25, 0.3) is 5.65 Å². The molecule has 0 radical (unpaired) electrons. The van der Waals surface area contributed by atoms with E-state index in [1.807, 2.05) is 6.20 Å². The summed E-state index contributed by atoms with van der Waals surface area (Å²) in [4.78, 5) is 8.32. The molecule has 9 nitrogen and oxygen atoms in total. The average Bonchev–Trinajstić information content (AvgIpc) is 3.47. The Labute approximate surface area is 176 Å². The van der Waals surface area contributed by atoms with Gasteiger partial charge in [-0.3, -0.25) is 0 Å². The molecular weight excluding hydrogens is 438 g/mol. The average molecular weight is 456 g/mol. The lowest BCUT2D eigenvalue weighted by Crippen LogP contribution is -2.37. The molecule has 0 N–H and O–H groups in total. The van der Waals surface area contributed by atoms with Crippen LogP contribution >= 0.6 is 22.9 Å². The summed E-state index contributed by atoms with van der Waals surface area (Å²) in [5.41, 5.74) is 1.66. The molecule has 0 spiro atoms. The quantitative estimate of drug-likeness (QED) is 0.595. The summed E-state index contributed by atoms with van der Waals surface area (Å²) in [6, 6.07) is 1.79. The maximum atomic E-state index is 13.0. The zero-order valence-electron chi connectivity index (χ0n) is 15.3. The van der Waals surface area contributed by atoms with Gasteiger partial charge in [0.2, 0.25) is 6.29 Å². The lowest BCUT2D eigenvalue weighted by atomic mass is 9.91. The summed E-state index contributed by atoms with van der Waals surface area (Å²) >= 11 is 7.54. The Bertz CT molecular complexity index is 1130. The maximum Gasteiger partial charge on any atom is 0.254 e. The normalized spacial score (nSPS) is 20.0. The molecule has 0 bridgehead atoms. The molecule has 0 aromatic carbocycles. The molecule has 0 aliphatic carbocycles. The van der Waals surface area contributed by atoms with Gasteiger partial charge in [0, 0.05) is 30.4 Å². The molecule has 3 aromatic heterocycles. The number of nitrogens with zero attached hydrogens (tertiary/aromatic N) is 5. The Morgan fingerprint density at radius 1 is 1.17 bits per heavy atom. The van der Waals surface area contributed by atoms with Crippen LogP contribution in [-0.4, -0.2) is 58.6 Å². The molecule has 154 valence electrons. The molecule has 29 heavy (non-hydrogen) atoms. The van der Waals surface area contributed by atoms with Crippen LogP contribution < -0.4 is 0 Å². The summed E-state index contributed by atoms with van der Waals surface area (Å²) in [7, 11) is -3.59. The number of fused-ring (bicyclic) bond motifs is 1. The first-order valence-corrected chi connectivity index (χ1v) is 11.8. The summed E-state index contributed by atoms with van der Waals surface area (Å²) in [5.74, 6) is 0.167. The van der Waals surface area contributed by atoms with Gasteiger partial charge < -0.3 is 9.47 Å². The lowest BCUT2D eigenvalue weighted by molar-refractivity contribution is -0.0442. The van der Waals surface area contributed by atoms with Gasteiger partial charge in [0.1, 0.15) is 6.33 Å². The van der Waals surface area contributed by atoms with Gasteiger partial charge in [-0.15, -0.1) is 11.3 Å². The number of hydrogen-bond acceptors (Lipinski definition) is 8. The number of aromatic nitrogens is 4. The van der Waals surface area contributed by atoms with Crippen molar-refractivity contribution in [3.63, 3.8) is 0 Å². The van der Waals surface area contributed by atoms with E-state index in [4.69, 9.17) is 21.1 Å². The van der Waals surface area contributed by atoms with Crippen molar-refractivity contribution in [1.82, 2.24) is 23.9 Å². The third kappa shape index (κ3) is 3.56. The SMILES string of the molecule is O=S(=O)(c1cnc(C2OCCO2)s1)N1CCC(c2cn3ncnc3cc2Cl)CC1. The van der Waals surface area contributed by atoms with Crippen molar-refractivity contribution in [2.24, 2.45) is 0 Å². The van der Waals surface area contributed by atoms with Crippen molar-refractivity contribution >= 4 is 38.6 Å². The second-order valence-corrected chi connectivity index (χ2v) is 10.5. The molecule has 3 aromatic rings. The third-order valence-electron chi connectivity index (χ3n) is 5.21. The van der Waals surface area contributed by atoms with Gasteiger partial charge in [0.25, 0.3) is 10.0 Å². The highest BCUT2D eigenvalue weighted by Crippen LogP contribution is 2.36. The Kier molecular flexibility index (Phi) is 5.04. The van der Waals surface area contributed by atoms with E-state index in [0.717, 1.165) is 16.9 Å². The van der Waals surface area contributed by atoms with Gasteiger partial charge in [-0.25, -0.2) is 22.9 Å². The minimum Gasteiger partial charge on any atom is -0.344 e. The van der Waals surface area contributed by atoms with Gasteiger partial charge in [-0.1, -0.05) is 11.6 Å². The predicted octanol–water partition coefficient (Wildman–Crippen LogP) is 2.45. The highest BCUT2D eigenvalue weighted by Gasteiger charge is 2.33. The fraction of sp³-hybridized carbons (Fsp3) is 0.471. The summed E-state index contributed by atoms with van der Waals surface area (Å²) in [6.45, 7) is 1.82. The number of pyridine rings is 1. The molecule has 2 fully saturated rings. The molecule has 2 aliphatic heterocycles. The molecule has 5 rings (SSSR count). The van der Waals surface area contributed by atoms with E-state index in [9.17, 15) is 8.42 Å². The van der Waals surface area contributed by atoms with E-state index in [1.54, 1.807) is 10.6 Å². The van der Waals surface area contributed by atoms with Crippen LogP contribution in [0.5, 0.6) is 0 Å². The molecular formula is C17H18ClN5O4S2. The number of thiazole rings is 1. The van der Waals surface area contributed by atoms with Gasteiger partial charge >= 0.3 is 0 Å². The number of piperidine rings is 1. The molecule has 0 unspecified atom stereocenters. The van der Waals surface area contributed by atoms with Gasteiger partial charge in [-0.2, -0.15) is 9.40 Å².